The van der Waals surface area contributed by atoms with Crippen molar-refractivity contribution in [3.63, 3.8) is 0 Å². The van der Waals surface area contributed by atoms with Crippen LogP contribution in [-0.2, 0) is 21.3 Å². The van der Waals surface area contributed by atoms with Gasteiger partial charge in [-0.1, -0.05) is 47.8 Å². The number of carbonyl (C=O) groups is 1. The van der Waals surface area contributed by atoms with Crippen molar-refractivity contribution in [2.24, 2.45) is 0 Å². The van der Waals surface area contributed by atoms with Gasteiger partial charge in [0.25, 0.3) is 5.91 Å². The van der Waals surface area contributed by atoms with E-state index in [1.54, 1.807) is 32.2 Å². The van der Waals surface area contributed by atoms with Crippen LogP contribution in [0.1, 0.15) is 23.6 Å². The Bertz CT molecular complexity index is 1400. The standard InChI is InChI=1S/C29H29F3N5O4/c1-28(23-7-6-10-25(19-23)40-2,35-17-15-34(16-18-35)24-8-4-3-5-9-24)27(38)33-36-20-26(41-37(36)39)21-11-13-22(14-12-21)29(30,31)32/h3-14,19-20H,15-18H2,1-2H3,(H,33,38)/q-1. The average molecular weight is 569 g/mol. The molecule has 1 amide bonds. The Hall–Kier alpha value is -4.26. The molecule has 216 valence electrons. The van der Waals surface area contributed by atoms with Gasteiger partial charge < -0.3 is 19.7 Å². The quantitative estimate of drug-likeness (QED) is 0.438. The van der Waals surface area contributed by atoms with Gasteiger partial charge in [-0.2, -0.15) is 18.3 Å². The summed E-state index contributed by atoms with van der Waals surface area (Å²) in [7, 11) is 1.54. The van der Waals surface area contributed by atoms with Crippen molar-refractivity contribution < 1.29 is 27.5 Å². The maximum atomic E-state index is 14.0. The molecule has 3 aromatic carbocycles. The molecule has 1 N–H and O–H groups in total. The molecule has 1 fully saturated rings. The predicted molar refractivity (Wildman–Crippen MR) is 146 cm³/mol. The predicted octanol–water partition coefficient (Wildman–Crippen LogP) is 4.74. The summed E-state index contributed by atoms with van der Waals surface area (Å²) in [6.07, 6.45) is -3.28. The molecule has 0 bridgehead atoms. The topological polar surface area (TPSA) is 83.6 Å². The zero-order valence-electron chi connectivity index (χ0n) is 22.5. The van der Waals surface area contributed by atoms with Crippen LogP contribution in [0.2, 0.25) is 0 Å². The third-order valence-electron chi connectivity index (χ3n) is 7.41. The van der Waals surface area contributed by atoms with Crippen LogP contribution in [0.25, 0.3) is 5.76 Å². The molecule has 2 aliphatic heterocycles. The number of nitrogens with one attached hydrogen (secondary N) is 1. The van der Waals surface area contributed by atoms with Crippen molar-refractivity contribution in [1.82, 2.24) is 20.8 Å². The van der Waals surface area contributed by atoms with Crippen molar-refractivity contribution >= 4 is 17.4 Å². The summed E-state index contributed by atoms with van der Waals surface area (Å²) in [5.74, 6) is 0.0470. The number of carbonyl (C=O) groups excluding carboxylic acids is 1. The number of rotatable bonds is 7. The first kappa shape index (κ1) is 28.3. The van der Waals surface area contributed by atoms with E-state index in [0.717, 1.165) is 22.9 Å². The molecule has 0 radical (unpaired) electrons. The minimum absolute atomic E-state index is 0.0198. The monoisotopic (exact) mass is 568 g/mol. The lowest BCUT2D eigenvalue weighted by Gasteiger charge is -2.46. The Morgan fingerprint density at radius 3 is 2.24 bits per heavy atom. The normalized spacial score (nSPS) is 18.0. The van der Waals surface area contributed by atoms with Crippen LogP contribution in [0.4, 0.5) is 18.9 Å². The number of alkyl halides is 3. The average Bonchev–Trinajstić information content (AvgIpc) is 3.36. The Morgan fingerprint density at radius 1 is 0.927 bits per heavy atom. The molecule has 0 aromatic heterocycles. The lowest BCUT2D eigenvalue weighted by atomic mass is 9.88. The van der Waals surface area contributed by atoms with Gasteiger partial charge in [-0.05, 0) is 48.9 Å². The van der Waals surface area contributed by atoms with E-state index in [0.29, 0.717) is 37.5 Å². The molecule has 3 aromatic rings. The van der Waals surface area contributed by atoms with Gasteiger partial charge in [0.2, 0.25) is 0 Å². The second kappa shape index (κ2) is 11.3. The van der Waals surface area contributed by atoms with Gasteiger partial charge in [-0.3, -0.25) is 9.69 Å². The van der Waals surface area contributed by atoms with Gasteiger partial charge in [0, 0.05) is 37.4 Å². The Morgan fingerprint density at radius 2 is 1.61 bits per heavy atom. The van der Waals surface area contributed by atoms with Crippen molar-refractivity contribution in [2.75, 3.05) is 38.2 Å². The van der Waals surface area contributed by atoms with Crippen LogP contribution < -0.4 is 15.1 Å². The Labute approximate surface area is 235 Å². The van der Waals surface area contributed by atoms with Crippen LogP contribution in [0, 0.1) is 5.21 Å². The summed E-state index contributed by atoms with van der Waals surface area (Å²) in [6.45, 7) is 4.24. The van der Waals surface area contributed by atoms with Crippen LogP contribution in [0.15, 0.2) is 85.1 Å². The fraction of sp³-hybridized carbons (Fsp3) is 0.276. The minimum Gasteiger partial charge on any atom is -0.732 e. The second-order valence-electron chi connectivity index (χ2n) is 9.80. The minimum atomic E-state index is -4.49. The van der Waals surface area contributed by atoms with E-state index in [1.165, 1.54) is 18.3 Å². The number of piperazine rings is 1. The fourth-order valence-corrected chi connectivity index (χ4v) is 4.98. The van der Waals surface area contributed by atoms with Crippen LogP contribution in [0.3, 0.4) is 0 Å². The molecule has 41 heavy (non-hydrogen) atoms. The smallest absolute Gasteiger partial charge is 0.416 e. The third-order valence-corrected chi connectivity index (χ3v) is 7.41. The molecule has 0 aliphatic carbocycles. The van der Waals surface area contributed by atoms with Crippen molar-refractivity contribution in [1.29, 1.82) is 0 Å². The first-order chi connectivity index (χ1) is 19.6. The zero-order valence-corrected chi connectivity index (χ0v) is 22.5. The largest absolute Gasteiger partial charge is 0.732 e. The van der Waals surface area contributed by atoms with Gasteiger partial charge in [0.05, 0.1) is 18.9 Å². The van der Waals surface area contributed by atoms with E-state index < -0.39 is 23.2 Å². The molecule has 5 rings (SSSR count). The number of hydrogen-bond donors (Lipinski definition) is 1. The molecule has 0 spiro atoms. The van der Waals surface area contributed by atoms with Crippen LogP contribution in [-0.4, -0.2) is 54.5 Å². The molecule has 1 unspecified atom stereocenters. The van der Waals surface area contributed by atoms with Crippen molar-refractivity contribution in [3.05, 3.63) is 107 Å². The fourth-order valence-electron chi connectivity index (χ4n) is 4.98. The number of anilines is 1. The summed E-state index contributed by atoms with van der Waals surface area (Å²) in [6, 6.07) is 21.4. The lowest BCUT2D eigenvalue weighted by Crippen LogP contribution is -2.62. The number of ether oxygens (including phenoxy) is 1. The van der Waals surface area contributed by atoms with Crippen molar-refractivity contribution in [3.8, 4) is 5.75 Å². The highest BCUT2D eigenvalue weighted by Gasteiger charge is 2.44. The number of hydrogen-bond acceptors (Lipinski definition) is 8. The van der Waals surface area contributed by atoms with Gasteiger partial charge in [-0.25, -0.2) is 5.43 Å². The third kappa shape index (κ3) is 5.80. The van der Waals surface area contributed by atoms with E-state index in [9.17, 15) is 23.2 Å². The number of hydrazine groups is 2. The number of nitrogens with zero attached hydrogens (tertiary/aromatic N) is 4. The first-order valence-corrected chi connectivity index (χ1v) is 12.9. The summed E-state index contributed by atoms with van der Waals surface area (Å²) in [5.41, 5.74) is 2.56. The molecule has 9 nitrogen and oxygen atoms in total. The van der Waals surface area contributed by atoms with Gasteiger partial charge in [-0.15, -0.1) is 0 Å². The van der Waals surface area contributed by atoms with E-state index >= 15 is 0 Å². The van der Waals surface area contributed by atoms with Crippen LogP contribution in [0.5, 0.6) is 5.75 Å². The molecule has 0 saturated carbocycles. The number of halogens is 3. The van der Waals surface area contributed by atoms with Gasteiger partial charge in [0.15, 0.2) is 5.76 Å². The summed E-state index contributed by atoms with van der Waals surface area (Å²) in [5, 5.41) is 13.5. The molecule has 2 heterocycles. The highest BCUT2D eigenvalue weighted by molar-refractivity contribution is 5.87. The van der Waals surface area contributed by atoms with Crippen LogP contribution >= 0.6 is 0 Å². The summed E-state index contributed by atoms with van der Waals surface area (Å²) in [4.78, 5) is 23.5. The second-order valence-corrected chi connectivity index (χ2v) is 9.80. The molecular formula is C29H29F3N5O4-. The number of para-hydroxylation sites is 1. The number of benzene rings is 3. The maximum Gasteiger partial charge on any atom is 0.416 e. The van der Waals surface area contributed by atoms with Gasteiger partial charge in [0.1, 0.15) is 11.3 Å². The molecule has 1 atom stereocenters. The van der Waals surface area contributed by atoms with E-state index in [4.69, 9.17) is 9.57 Å². The summed E-state index contributed by atoms with van der Waals surface area (Å²) >= 11 is 0. The highest BCUT2D eigenvalue weighted by atomic mass is 19.4. The Kier molecular flexibility index (Phi) is 7.80. The van der Waals surface area contributed by atoms with Gasteiger partial charge >= 0.3 is 6.18 Å². The molecule has 12 heteroatoms. The maximum absolute atomic E-state index is 14.0. The Balaban J connectivity index is 1.38. The van der Waals surface area contributed by atoms with E-state index in [1.807, 2.05) is 41.3 Å². The lowest BCUT2D eigenvalue weighted by molar-refractivity contribution is -0.186. The highest BCUT2D eigenvalue weighted by Crippen LogP contribution is 2.34. The van der Waals surface area contributed by atoms with Crippen molar-refractivity contribution in [2.45, 2.75) is 18.6 Å². The van der Waals surface area contributed by atoms with E-state index in [2.05, 4.69) is 10.3 Å². The molecule has 1 saturated heterocycles. The molecular weight excluding hydrogens is 539 g/mol. The van der Waals surface area contributed by atoms with E-state index in [-0.39, 0.29) is 16.7 Å². The number of amides is 1. The summed E-state index contributed by atoms with van der Waals surface area (Å²) < 4.78 is 44.3. The SMILES string of the molecule is COc1cccc(C(C)(C(=O)NN2C=C(c3ccc(C(F)(F)F)cc3)ON2[O-])N2CCN(c3ccccc3)CC2)c1. The first-order valence-electron chi connectivity index (χ1n) is 12.9. The number of methoxy groups -OCH3 is 1. The zero-order chi connectivity index (χ0) is 29.2. The molecule has 2 aliphatic rings.